The highest BCUT2D eigenvalue weighted by molar-refractivity contribution is 7.91. The van der Waals surface area contributed by atoms with E-state index >= 15 is 0 Å². The van der Waals surface area contributed by atoms with Crippen LogP contribution in [0.25, 0.3) is 0 Å². The van der Waals surface area contributed by atoms with Crippen LogP contribution in [0.1, 0.15) is 36.9 Å². The summed E-state index contributed by atoms with van der Waals surface area (Å²) in [5, 5.41) is -0.715. The lowest BCUT2D eigenvalue weighted by Gasteiger charge is -2.32. The summed E-state index contributed by atoms with van der Waals surface area (Å²) in [5.41, 5.74) is 1.31. The number of nitrogens with zero attached hydrogens (tertiary/aromatic N) is 4. The molecule has 0 radical (unpaired) electrons. The second-order valence-corrected chi connectivity index (χ2v) is 12.0. The molecule has 26 heavy (non-hydrogen) atoms. The fourth-order valence-electron chi connectivity index (χ4n) is 4.33. The van der Waals surface area contributed by atoms with Gasteiger partial charge in [0.25, 0.3) is 0 Å². The van der Waals surface area contributed by atoms with Crippen LogP contribution in [0.15, 0.2) is 6.20 Å². The van der Waals surface area contributed by atoms with Crippen molar-refractivity contribution < 1.29 is 16.8 Å². The first kappa shape index (κ1) is 18.1. The van der Waals surface area contributed by atoms with Crippen molar-refractivity contribution in [2.24, 2.45) is 5.92 Å². The standard InChI is InChI=1S/C16H24N4O4S2/c1-11-4-3-5-19(7-11)16-17-6-12-10-26(23,24)14-9-20(25(2,21)22)8-13(14)15(12)18-16/h6,11,13-14H,3-5,7-10H2,1-2H3/t11?,13-,14+/m1/s1. The monoisotopic (exact) mass is 400 g/mol. The second-order valence-electron chi connectivity index (χ2n) is 7.81. The molecule has 10 heteroatoms. The van der Waals surface area contributed by atoms with Crippen molar-refractivity contribution in [2.75, 3.05) is 37.3 Å². The van der Waals surface area contributed by atoms with Gasteiger partial charge >= 0.3 is 0 Å². The van der Waals surface area contributed by atoms with E-state index in [1.54, 1.807) is 6.20 Å². The van der Waals surface area contributed by atoms with Gasteiger partial charge in [0.05, 0.1) is 23.0 Å². The molecule has 1 aromatic heterocycles. The van der Waals surface area contributed by atoms with Gasteiger partial charge in [0.1, 0.15) is 0 Å². The van der Waals surface area contributed by atoms with Crippen molar-refractivity contribution in [1.82, 2.24) is 14.3 Å². The molecule has 0 saturated carbocycles. The lowest BCUT2D eigenvalue weighted by atomic mass is 9.99. The number of rotatable bonds is 2. The van der Waals surface area contributed by atoms with E-state index in [1.165, 1.54) is 10.7 Å². The Labute approximate surface area is 154 Å². The fraction of sp³-hybridized carbons (Fsp3) is 0.750. The third-order valence-electron chi connectivity index (χ3n) is 5.70. The lowest BCUT2D eigenvalue weighted by Crippen LogP contribution is -2.38. The van der Waals surface area contributed by atoms with Crippen molar-refractivity contribution in [3.63, 3.8) is 0 Å². The van der Waals surface area contributed by atoms with Gasteiger partial charge in [-0.1, -0.05) is 6.92 Å². The van der Waals surface area contributed by atoms with Gasteiger partial charge in [-0.3, -0.25) is 0 Å². The van der Waals surface area contributed by atoms with Crippen molar-refractivity contribution in [2.45, 2.75) is 36.7 Å². The normalized spacial score (nSPS) is 31.5. The zero-order valence-electron chi connectivity index (χ0n) is 15.0. The number of aromatic nitrogens is 2. The number of sulfone groups is 1. The summed E-state index contributed by atoms with van der Waals surface area (Å²) < 4.78 is 50.4. The van der Waals surface area contributed by atoms with Gasteiger partial charge in [-0.25, -0.2) is 31.1 Å². The van der Waals surface area contributed by atoms with Crippen molar-refractivity contribution >= 4 is 25.8 Å². The van der Waals surface area contributed by atoms with Crippen LogP contribution in [0, 0.1) is 5.92 Å². The van der Waals surface area contributed by atoms with Crippen LogP contribution in [0.3, 0.4) is 0 Å². The van der Waals surface area contributed by atoms with E-state index in [0.29, 0.717) is 23.1 Å². The average Bonchev–Trinajstić information content (AvgIpc) is 3.01. The Morgan fingerprint density at radius 3 is 2.69 bits per heavy atom. The van der Waals surface area contributed by atoms with Gasteiger partial charge in [-0.2, -0.15) is 0 Å². The number of fused-ring (bicyclic) bond motifs is 3. The molecule has 0 aliphatic carbocycles. The minimum absolute atomic E-state index is 0.0192. The van der Waals surface area contributed by atoms with Gasteiger partial charge in [-0.05, 0) is 18.8 Å². The Kier molecular flexibility index (Phi) is 4.27. The predicted molar refractivity (Wildman–Crippen MR) is 98.2 cm³/mol. The average molecular weight is 401 g/mol. The SMILES string of the molecule is CC1CCCN(c2ncc3c(n2)[C@@H]2CN(S(C)(=O)=O)C[C@@H]2S(=O)(=O)C3)C1. The van der Waals surface area contributed by atoms with Gasteiger partial charge in [0, 0.05) is 43.9 Å². The van der Waals surface area contributed by atoms with Crippen LogP contribution in [0.5, 0.6) is 0 Å². The van der Waals surface area contributed by atoms with Crippen LogP contribution in [-0.4, -0.2) is 68.8 Å². The second kappa shape index (κ2) is 6.13. The number of piperidine rings is 1. The molecule has 8 nitrogen and oxygen atoms in total. The molecular weight excluding hydrogens is 376 g/mol. The Hall–Kier alpha value is -1.26. The van der Waals surface area contributed by atoms with E-state index in [1.807, 2.05) is 0 Å². The summed E-state index contributed by atoms with van der Waals surface area (Å²) in [6.45, 7) is 4.17. The zero-order chi connectivity index (χ0) is 18.7. The van der Waals surface area contributed by atoms with Gasteiger partial charge < -0.3 is 4.90 Å². The van der Waals surface area contributed by atoms with E-state index in [4.69, 9.17) is 4.98 Å². The third-order valence-corrected chi connectivity index (χ3v) is 9.05. The van der Waals surface area contributed by atoms with Crippen LogP contribution in [0.2, 0.25) is 0 Å². The Morgan fingerprint density at radius 2 is 2.00 bits per heavy atom. The zero-order valence-corrected chi connectivity index (χ0v) is 16.6. The number of hydrogen-bond donors (Lipinski definition) is 0. The largest absolute Gasteiger partial charge is 0.341 e. The number of sulfonamides is 1. The highest BCUT2D eigenvalue weighted by atomic mass is 32.2. The summed E-state index contributed by atoms with van der Waals surface area (Å²) in [7, 11) is -6.85. The van der Waals surface area contributed by atoms with E-state index in [2.05, 4.69) is 16.8 Å². The molecule has 3 aliphatic heterocycles. The van der Waals surface area contributed by atoms with Gasteiger partial charge in [0.2, 0.25) is 16.0 Å². The first-order valence-corrected chi connectivity index (χ1v) is 12.5. The van der Waals surface area contributed by atoms with Crippen molar-refractivity contribution in [3.05, 3.63) is 17.5 Å². The first-order chi connectivity index (χ1) is 12.1. The molecule has 144 valence electrons. The summed E-state index contributed by atoms with van der Waals surface area (Å²) in [5.74, 6) is 0.676. The Balaban J connectivity index is 1.72. The maximum atomic E-state index is 12.6. The Morgan fingerprint density at radius 1 is 1.23 bits per heavy atom. The minimum Gasteiger partial charge on any atom is -0.341 e. The molecule has 0 aromatic carbocycles. The molecule has 2 saturated heterocycles. The van der Waals surface area contributed by atoms with E-state index < -0.39 is 31.0 Å². The van der Waals surface area contributed by atoms with E-state index in [0.717, 1.165) is 25.8 Å². The fourth-order valence-corrected chi connectivity index (χ4v) is 7.28. The van der Waals surface area contributed by atoms with Gasteiger partial charge in [-0.15, -0.1) is 0 Å². The third kappa shape index (κ3) is 3.11. The topological polar surface area (TPSA) is 101 Å². The van der Waals surface area contributed by atoms with E-state index in [9.17, 15) is 16.8 Å². The summed E-state index contributed by atoms with van der Waals surface area (Å²) in [6, 6.07) is 0. The van der Waals surface area contributed by atoms with Crippen molar-refractivity contribution in [1.29, 1.82) is 0 Å². The summed E-state index contributed by atoms with van der Waals surface area (Å²) in [4.78, 5) is 11.3. The molecule has 4 rings (SSSR count). The molecule has 0 amide bonds. The molecule has 0 bridgehead atoms. The van der Waals surface area contributed by atoms with Crippen LogP contribution < -0.4 is 4.90 Å². The highest BCUT2D eigenvalue weighted by Crippen LogP contribution is 2.40. The van der Waals surface area contributed by atoms with Crippen LogP contribution in [-0.2, 0) is 25.6 Å². The van der Waals surface area contributed by atoms with Gasteiger partial charge in [0.15, 0.2) is 9.84 Å². The molecule has 0 N–H and O–H groups in total. The van der Waals surface area contributed by atoms with Crippen LogP contribution >= 0.6 is 0 Å². The van der Waals surface area contributed by atoms with E-state index in [-0.39, 0.29) is 18.8 Å². The summed E-state index contributed by atoms with van der Waals surface area (Å²) >= 11 is 0. The number of anilines is 1. The molecule has 1 aromatic rings. The summed E-state index contributed by atoms with van der Waals surface area (Å²) in [6.07, 6.45) is 5.02. The highest BCUT2D eigenvalue weighted by Gasteiger charge is 2.49. The molecular formula is C16H24N4O4S2. The molecule has 4 heterocycles. The van der Waals surface area contributed by atoms with Crippen molar-refractivity contribution in [3.8, 4) is 0 Å². The molecule has 3 aliphatic rings. The minimum atomic E-state index is -3.44. The molecule has 0 spiro atoms. The maximum Gasteiger partial charge on any atom is 0.225 e. The molecule has 1 unspecified atom stereocenters. The maximum absolute atomic E-state index is 12.6. The predicted octanol–water partition coefficient (Wildman–Crippen LogP) is 0.369. The molecule has 3 atom stereocenters. The number of hydrogen-bond acceptors (Lipinski definition) is 7. The smallest absolute Gasteiger partial charge is 0.225 e. The lowest BCUT2D eigenvalue weighted by molar-refractivity contribution is 0.441. The van der Waals surface area contributed by atoms with Crippen LogP contribution in [0.4, 0.5) is 5.95 Å². The quantitative estimate of drug-likeness (QED) is 0.707. The Bertz CT molecular complexity index is 932. The first-order valence-electron chi connectivity index (χ1n) is 8.92. The molecule has 2 fully saturated rings.